The average molecular weight is 512 g/mol. The third-order valence-electron chi connectivity index (χ3n) is 5.95. The highest BCUT2D eigenvalue weighted by Crippen LogP contribution is 2.41. The Balaban J connectivity index is 1.96. The van der Waals surface area contributed by atoms with Crippen LogP contribution in [-0.2, 0) is 14.3 Å². The molecule has 0 heterocycles. The molecule has 0 spiro atoms. The number of benzene rings is 2. The zero-order valence-corrected chi connectivity index (χ0v) is 22.2. The number of anilines is 1. The van der Waals surface area contributed by atoms with Crippen molar-refractivity contribution in [2.75, 3.05) is 11.9 Å². The zero-order chi connectivity index (χ0) is 26.6. The number of alkyl carbamates (subject to hydrolysis) is 1. The molecule has 3 atom stereocenters. The molecule has 1 fully saturated rings. The number of ether oxygens (including phenoxy) is 1. The van der Waals surface area contributed by atoms with Crippen molar-refractivity contribution in [2.45, 2.75) is 58.7 Å². The Morgan fingerprint density at radius 3 is 2.47 bits per heavy atom. The minimum Gasteiger partial charge on any atom is -0.444 e. The molecule has 8 heteroatoms. The van der Waals surface area contributed by atoms with Gasteiger partial charge < -0.3 is 20.3 Å². The average Bonchev–Trinajstić information content (AvgIpc) is 3.52. The fraction of sp³-hybridized carbons (Fsp3) is 0.393. The van der Waals surface area contributed by atoms with Gasteiger partial charge in [0.1, 0.15) is 18.2 Å². The van der Waals surface area contributed by atoms with Crippen LogP contribution in [-0.4, -0.2) is 41.0 Å². The van der Waals surface area contributed by atoms with Crippen LogP contribution in [0.3, 0.4) is 0 Å². The molecule has 0 saturated heterocycles. The Morgan fingerprint density at radius 2 is 1.89 bits per heavy atom. The SMILES string of the molecule is C=Cc1cccc(C(C(=O)Nc2c(C)cccc2Cl)N(C(=O)CNC(=O)OC(C)(C)C)C2CC2C)c1. The smallest absolute Gasteiger partial charge is 0.408 e. The van der Waals surface area contributed by atoms with Gasteiger partial charge in [-0.25, -0.2) is 4.79 Å². The van der Waals surface area contributed by atoms with Gasteiger partial charge in [0.15, 0.2) is 0 Å². The highest BCUT2D eigenvalue weighted by atomic mass is 35.5. The van der Waals surface area contributed by atoms with E-state index < -0.39 is 23.6 Å². The van der Waals surface area contributed by atoms with E-state index in [1.165, 1.54) is 0 Å². The van der Waals surface area contributed by atoms with Gasteiger partial charge in [-0.3, -0.25) is 9.59 Å². The van der Waals surface area contributed by atoms with Crippen LogP contribution in [0, 0.1) is 12.8 Å². The first-order chi connectivity index (χ1) is 16.9. The minimum atomic E-state index is -0.941. The summed E-state index contributed by atoms with van der Waals surface area (Å²) in [5.41, 5.74) is 2.07. The number of nitrogens with one attached hydrogen (secondary N) is 2. The normalized spacial score (nSPS) is 17.5. The van der Waals surface area contributed by atoms with Crippen LogP contribution in [0.5, 0.6) is 0 Å². The number of rotatable bonds is 8. The number of carbonyl (C=O) groups is 3. The summed E-state index contributed by atoms with van der Waals surface area (Å²) in [5, 5.41) is 5.88. The van der Waals surface area contributed by atoms with Crippen molar-refractivity contribution in [3.8, 4) is 0 Å². The first-order valence-electron chi connectivity index (χ1n) is 12.0. The molecule has 0 aliphatic heterocycles. The predicted octanol–water partition coefficient (Wildman–Crippen LogP) is 5.73. The van der Waals surface area contributed by atoms with E-state index in [2.05, 4.69) is 17.2 Å². The predicted molar refractivity (Wildman–Crippen MR) is 143 cm³/mol. The summed E-state index contributed by atoms with van der Waals surface area (Å²) in [7, 11) is 0. The molecule has 2 aromatic rings. The Labute approximate surface area is 217 Å². The number of hydrogen-bond donors (Lipinski definition) is 2. The topological polar surface area (TPSA) is 87.7 Å². The number of halogens is 1. The summed E-state index contributed by atoms with van der Waals surface area (Å²) < 4.78 is 5.27. The lowest BCUT2D eigenvalue weighted by Crippen LogP contribution is -2.48. The summed E-state index contributed by atoms with van der Waals surface area (Å²) in [5.74, 6) is -0.553. The lowest BCUT2D eigenvalue weighted by Gasteiger charge is -2.32. The van der Waals surface area contributed by atoms with E-state index in [9.17, 15) is 14.4 Å². The number of aryl methyl sites for hydroxylation is 1. The van der Waals surface area contributed by atoms with Crippen LogP contribution in [0.2, 0.25) is 5.02 Å². The van der Waals surface area contributed by atoms with Crippen molar-refractivity contribution in [3.63, 3.8) is 0 Å². The first kappa shape index (κ1) is 27.3. The van der Waals surface area contributed by atoms with Crippen molar-refractivity contribution >= 4 is 41.3 Å². The molecule has 192 valence electrons. The van der Waals surface area contributed by atoms with E-state index >= 15 is 0 Å². The molecule has 0 bridgehead atoms. The molecular formula is C28H34ClN3O4. The van der Waals surface area contributed by atoms with E-state index in [0.717, 1.165) is 17.5 Å². The van der Waals surface area contributed by atoms with Gasteiger partial charge in [-0.05, 0) is 68.9 Å². The molecule has 1 aliphatic carbocycles. The van der Waals surface area contributed by atoms with Gasteiger partial charge in [-0.2, -0.15) is 0 Å². The maximum absolute atomic E-state index is 13.8. The summed E-state index contributed by atoms with van der Waals surface area (Å²) in [6.45, 7) is 12.6. The molecular weight excluding hydrogens is 478 g/mol. The number of nitrogens with zero attached hydrogens (tertiary/aromatic N) is 1. The van der Waals surface area contributed by atoms with Crippen LogP contribution in [0.1, 0.15) is 56.8 Å². The van der Waals surface area contributed by atoms with E-state index in [-0.39, 0.29) is 24.4 Å². The van der Waals surface area contributed by atoms with Gasteiger partial charge in [0.2, 0.25) is 5.91 Å². The van der Waals surface area contributed by atoms with Crippen molar-refractivity contribution < 1.29 is 19.1 Å². The van der Waals surface area contributed by atoms with Crippen molar-refractivity contribution in [2.24, 2.45) is 5.92 Å². The Bertz CT molecular complexity index is 1140. The van der Waals surface area contributed by atoms with Gasteiger partial charge in [-0.1, -0.05) is 61.5 Å². The van der Waals surface area contributed by atoms with E-state index in [1.807, 2.05) is 50.2 Å². The molecule has 3 unspecified atom stereocenters. The molecule has 0 aromatic heterocycles. The van der Waals surface area contributed by atoms with E-state index in [4.69, 9.17) is 16.3 Å². The molecule has 3 rings (SSSR count). The number of amides is 3. The van der Waals surface area contributed by atoms with Gasteiger partial charge in [0.05, 0.1) is 10.7 Å². The van der Waals surface area contributed by atoms with Gasteiger partial charge >= 0.3 is 6.09 Å². The summed E-state index contributed by atoms with van der Waals surface area (Å²) in [6, 6.07) is 11.6. The third-order valence-corrected chi connectivity index (χ3v) is 6.27. The first-order valence-corrected chi connectivity index (χ1v) is 12.4. The molecule has 1 aliphatic rings. The van der Waals surface area contributed by atoms with E-state index in [0.29, 0.717) is 16.3 Å². The largest absolute Gasteiger partial charge is 0.444 e. The van der Waals surface area contributed by atoms with Crippen molar-refractivity contribution in [1.82, 2.24) is 10.2 Å². The zero-order valence-electron chi connectivity index (χ0n) is 21.4. The molecule has 2 N–H and O–H groups in total. The quantitative estimate of drug-likeness (QED) is 0.473. The minimum absolute atomic E-state index is 0.145. The Hall–Kier alpha value is -3.32. The second-order valence-electron chi connectivity index (χ2n) is 10.1. The second kappa shape index (κ2) is 11.2. The van der Waals surface area contributed by atoms with Crippen LogP contribution in [0.15, 0.2) is 49.0 Å². The summed E-state index contributed by atoms with van der Waals surface area (Å²) >= 11 is 6.38. The molecule has 2 aromatic carbocycles. The maximum Gasteiger partial charge on any atom is 0.408 e. The second-order valence-corrected chi connectivity index (χ2v) is 10.5. The van der Waals surface area contributed by atoms with Crippen LogP contribution in [0.25, 0.3) is 6.08 Å². The standard InChI is InChI=1S/C28H34ClN3O4/c1-7-19-11-9-12-20(15-19)25(26(34)31-24-17(2)10-8-13-21(24)29)32(22-14-18(22)3)23(33)16-30-27(35)36-28(4,5)6/h7-13,15,18,22,25H,1,14,16H2,2-6H3,(H,30,35)(H,31,34). The molecule has 36 heavy (non-hydrogen) atoms. The molecule has 0 radical (unpaired) electrons. The summed E-state index contributed by atoms with van der Waals surface area (Å²) in [6.07, 6.45) is 1.75. The Morgan fingerprint density at radius 1 is 1.22 bits per heavy atom. The summed E-state index contributed by atoms with van der Waals surface area (Å²) in [4.78, 5) is 41.1. The molecule has 3 amide bonds. The highest BCUT2D eigenvalue weighted by Gasteiger charge is 2.46. The highest BCUT2D eigenvalue weighted by molar-refractivity contribution is 6.34. The van der Waals surface area contributed by atoms with Crippen molar-refractivity contribution in [3.05, 3.63) is 70.8 Å². The maximum atomic E-state index is 13.8. The van der Waals surface area contributed by atoms with Crippen molar-refractivity contribution in [1.29, 1.82) is 0 Å². The lowest BCUT2D eigenvalue weighted by atomic mass is 10.0. The van der Waals surface area contributed by atoms with Crippen LogP contribution >= 0.6 is 11.6 Å². The van der Waals surface area contributed by atoms with Gasteiger partial charge in [0.25, 0.3) is 5.91 Å². The monoisotopic (exact) mass is 511 g/mol. The lowest BCUT2D eigenvalue weighted by molar-refractivity contribution is -0.139. The van der Waals surface area contributed by atoms with Crippen LogP contribution in [0.4, 0.5) is 10.5 Å². The number of hydrogen-bond acceptors (Lipinski definition) is 4. The van der Waals surface area contributed by atoms with E-state index in [1.54, 1.807) is 37.8 Å². The molecule has 7 nitrogen and oxygen atoms in total. The van der Waals surface area contributed by atoms with Gasteiger partial charge in [-0.15, -0.1) is 0 Å². The fourth-order valence-corrected chi connectivity index (χ4v) is 4.31. The fourth-order valence-electron chi connectivity index (χ4n) is 4.04. The molecule has 1 saturated carbocycles. The number of carbonyl (C=O) groups excluding carboxylic acids is 3. The third kappa shape index (κ3) is 6.88. The number of para-hydroxylation sites is 1. The Kier molecular flexibility index (Phi) is 8.46. The van der Waals surface area contributed by atoms with Gasteiger partial charge in [0, 0.05) is 6.04 Å². The van der Waals surface area contributed by atoms with Crippen LogP contribution < -0.4 is 10.6 Å².